The Labute approximate surface area is 94.5 Å². The van der Waals surface area contributed by atoms with Gasteiger partial charge in [0, 0.05) is 6.54 Å². The van der Waals surface area contributed by atoms with Crippen LogP contribution >= 0.6 is 0 Å². The summed E-state index contributed by atoms with van der Waals surface area (Å²) < 4.78 is 0. The van der Waals surface area contributed by atoms with E-state index in [-0.39, 0.29) is 5.56 Å². The number of nitrogens with zero attached hydrogens (tertiary/aromatic N) is 1. The minimum Gasteiger partial charge on any atom is -0.478 e. The van der Waals surface area contributed by atoms with Gasteiger partial charge in [-0.2, -0.15) is 5.26 Å². The molecular formula is C12H14N2O2. The second-order valence-electron chi connectivity index (χ2n) is 3.95. The number of carbonyl (C=O) groups is 1. The number of nitriles is 1. The molecule has 0 fully saturated rings. The molecule has 0 saturated heterocycles. The quantitative estimate of drug-likeness (QED) is 0.813. The molecule has 2 N–H and O–H groups in total. The van der Waals surface area contributed by atoms with E-state index in [0.717, 1.165) is 0 Å². The number of carboxylic acid groups (broad SMARTS) is 1. The highest BCUT2D eigenvalue weighted by Gasteiger charge is 2.08. The molecule has 0 aliphatic heterocycles. The molecule has 4 nitrogen and oxygen atoms in total. The largest absolute Gasteiger partial charge is 0.478 e. The molecule has 0 aliphatic rings. The van der Waals surface area contributed by atoms with Crippen molar-refractivity contribution in [3.05, 3.63) is 29.3 Å². The molecule has 0 atom stereocenters. The predicted octanol–water partition coefficient (Wildman–Crippen LogP) is 2.32. The van der Waals surface area contributed by atoms with Crippen LogP contribution in [0.15, 0.2) is 18.2 Å². The Morgan fingerprint density at radius 2 is 2.25 bits per heavy atom. The highest BCUT2D eigenvalue weighted by molar-refractivity contribution is 5.89. The number of benzene rings is 1. The fourth-order valence-electron chi connectivity index (χ4n) is 1.24. The van der Waals surface area contributed by atoms with Crippen molar-refractivity contribution in [1.82, 2.24) is 0 Å². The zero-order valence-corrected chi connectivity index (χ0v) is 9.32. The maximum Gasteiger partial charge on any atom is 0.335 e. The van der Waals surface area contributed by atoms with Gasteiger partial charge >= 0.3 is 5.97 Å². The lowest BCUT2D eigenvalue weighted by Crippen LogP contribution is -2.10. The molecule has 1 rings (SSSR count). The van der Waals surface area contributed by atoms with Crippen LogP contribution in [0.25, 0.3) is 0 Å². The topological polar surface area (TPSA) is 73.1 Å². The Morgan fingerprint density at radius 1 is 1.56 bits per heavy atom. The molecule has 0 radical (unpaired) electrons. The van der Waals surface area contributed by atoms with Crippen molar-refractivity contribution in [2.24, 2.45) is 5.92 Å². The van der Waals surface area contributed by atoms with Crippen LogP contribution in [0.5, 0.6) is 0 Å². The number of hydrogen-bond donors (Lipinski definition) is 2. The average Bonchev–Trinajstić information content (AvgIpc) is 2.25. The summed E-state index contributed by atoms with van der Waals surface area (Å²) in [5.41, 5.74) is 1.23. The minimum absolute atomic E-state index is 0.185. The van der Waals surface area contributed by atoms with Gasteiger partial charge in [0.2, 0.25) is 0 Å². The van der Waals surface area contributed by atoms with Gasteiger partial charge in [0.05, 0.1) is 16.8 Å². The maximum absolute atomic E-state index is 10.8. The normalized spacial score (nSPS) is 9.88. The third-order valence-corrected chi connectivity index (χ3v) is 2.09. The lowest BCUT2D eigenvalue weighted by atomic mass is 10.1. The smallest absolute Gasteiger partial charge is 0.335 e. The molecule has 0 unspecified atom stereocenters. The van der Waals surface area contributed by atoms with Gasteiger partial charge in [0.25, 0.3) is 0 Å². The molecule has 4 heteroatoms. The Morgan fingerprint density at radius 3 is 2.75 bits per heavy atom. The summed E-state index contributed by atoms with van der Waals surface area (Å²) in [6, 6.07) is 6.47. The van der Waals surface area contributed by atoms with E-state index in [1.165, 1.54) is 18.2 Å². The molecule has 16 heavy (non-hydrogen) atoms. The fourth-order valence-corrected chi connectivity index (χ4v) is 1.24. The van der Waals surface area contributed by atoms with E-state index in [2.05, 4.69) is 5.32 Å². The van der Waals surface area contributed by atoms with Gasteiger partial charge in [-0.1, -0.05) is 13.8 Å². The Bertz CT molecular complexity index is 433. The van der Waals surface area contributed by atoms with E-state index >= 15 is 0 Å². The van der Waals surface area contributed by atoms with Gasteiger partial charge in [-0.05, 0) is 24.1 Å². The van der Waals surface area contributed by atoms with Crippen LogP contribution in [0, 0.1) is 17.2 Å². The maximum atomic E-state index is 10.8. The van der Waals surface area contributed by atoms with Crippen LogP contribution in [-0.4, -0.2) is 17.6 Å². The Kier molecular flexibility index (Phi) is 3.90. The number of rotatable bonds is 4. The van der Waals surface area contributed by atoms with Crippen molar-refractivity contribution in [2.75, 3.05) is 11.9 Å². The molecule has 0 heterocycles. The minimum atomic E-state index is -0.989. The fraction of sp³-hybridized carbons (Fsp3) is 0.333. The first-order chi connectivity index (χ1) is 7.54. The molecule has 0 spiro atoms. The van der Waals surface area contributed by atoms with Gasteiger partial charge in [-0.3, -0.25) is 0 Å². The van der Waals surface area contributed by atoms with Gasteiger partial charge in [-0.15, -0.1) is 0 Å². The van der Waals surface area contributed by atoms with Crippen molar-refractivity contribution >= 4 is 11.7 Å². The van der Waals surface area contributed by atoms with Gasteiger partial charge in [-0.25, -0.2) is 4.79 Å². The van der Waals surface area contributed by atoms with Crippen LogP contribution in [0.1, 0.15) is 29.8 Å². The van der Waals surface area contributed by atoms with E-state index < -0.39 is 5.97 Å². The zero-order valence-electron chi connectivity index (χ0n) is 9.32. The SMILES string of the molecule is CC(C)CNc1cc(C(=O)O)ccc1C#N. The van der Waals surface area contributed by atoms with E-state index in [9.17, 15) is 4.79 Å². The standard InChI is InChI=1S/C12H14N2O2/c1-8(2)7-14-11-5-9(12(15)16)3-4-10(11)6-13/h3-5,8,14H,7H2,1-2H3,(H,15,16). The van der Waals surface area contributed by atoms with Crippen LogP contribution < -0.4 is 5.32 Å². The highest BCUT2D eigenvalue weighted by Crippen LogP contribution is 2.17. The summed E-state index contributed by atoms with van der Waals surface area (Å²) in [5.74, 6) is -0.558. The lowest BCUT2D eigenvalue weighted by Gasteiger charge is -2.10. The zero-order chi connectivity index (χ0) is 12.1. The molecule has 0 aromatic heterocycles. The number of aromatic carboxylic acids is 1. The predicted molar refractivity (Wildman–Crippen MR) is 61.4 cm³/mol. The summed E-state index contributed by atoms with van der Waals surface area (Å²) in [7, 11) is 0. The van der Waals surface area contributed by atoms with Gasteiger partial charge in [0.15, 0.2) is 0 Å². The first-order valence-corrected chi connectivity index (χ1v) is 5.06. The first-order valence-electron chi connectivity index (χ1n) is 5.06. The monoisotopic (exact) mass is 218 g/mol. The molecule has 0 aliphatic carbocycles. The summed E-state index contributed by atoms with van der Waals surface area (Å²) in [6.07, 6.45) is 0. The van der Waals surface area contributed by atoms with E-state index in [1.807, 2.05) is 19.9 Å². The highest BCUT2D eigenvalue weighted by atomic mass is 16.4. The number of carboxylic acids is 1. The van der Waals surface area contributed by atoms with Crippen LogP contribution in [0.2, 0.25) is 0 Å². The van der Waals surface area contributed by atoms with Crippen molar-refractivity contribution < 1.29 is 9.90 Å². The summed E-state index contributed by atoms with van der Waals surface area (Å²) in [5, 5.41) is 20.8. The second kappa shape index (κ2) is 5.17. The summed E-state index contributed by atoms with van der Waals surface area (Å²) in [4.78, 5) is 10.8. The average molecular weight is 218 g/mol. The Balaban J connectivity index is 2.99. The Hall–Kier alpha value is -2.02. The molecule has 0 bridgehead atoms. The van der Waals surface area contributed by atoms with Crippen LogP contribution in [0.4, 0.5) is 5.69 Å². The molecule has 0 amide bonds. The molecular weight excluding hydrogens is 204 g/mol. The van der Waals surface area contributed by atoms with E-state index in [4.69, 9.17) is 10.4 Å². The van der Waals surface area contributed by atoms with Crippen LogP contribution in [0.3, 0.4) is 0 Å². The molecule has 1 aromatic rings. The van der Waals surface area contributed by atoms with E-state index in [0.29, 0.717) is 23.7 Å². The van der Waals surface area contributed by atoms with Crippen molar-refractivity contribution in [1.29, 1.82) is 5.26 Å². The number of anilines is 1. The number of nitrogens with one attached hydrogen (secondary N) is 1. The lowest BCUT2D eigenvalue weighted by molar-refractivity contribution is 0.0697. The van der Waals surface area contributed by atoms with Gasteiger partial charge in [0.1, 0.15) is 6.07 Å². The van der Waals surface area contributed by atoms with Crippen LogP contribution in [-0.2, 0) is 0 Å². The molecule has 1 aromatic carbocycles. The summed E-state index contributed by atoms with van der Waals surface area (Å²) >= 11 is 0. The molecule has 0 saturated carbocycles. The summed E-state index contributed by atoms with van der Waals surface area (Å²) in [6.45, 7) is 4.79. The second-order valence-corrected chi connectivity index (χ2v) is 3.95. The van der Waals surface area contributed by atoms with Crippen molar-refractivity contribution in [2.45, 2.75) is 13.8 Å². The van der Waals surface area contributed by atoms with E-state index in [1.54, 1.807) is 0 Å². The first kappa shape index (κ1) is 12.1. The van der Waals surface area contributed by atoms with Crippen molar-refractivity contribution in [3.8, 4) is 6.07 Å². The number of hydrogen-bond acceptors (Lipinski definition) is 3. The van der Waals surface area contributed by atoms with Gasteiger partial charge < -0.3 is 10.4 Å². The third-order valence-electron chi connectivity index (χ3n) is 2.09. The third kappa shape index (κ3) is 2.99. The molecule has 84 valence electrons. The van der Waals surface area contributed by atoms with Crippen molar-refractivity contribution in [3.63, 3.8) is 0 Å².